The predicted molar refractivity (Wildman–Crippen MR) is 118 cm³/mol. The molecular formula is C25H24N4. The SMILES string of the molecule is c1ccc(CCCn2c(CCc3nc4ccccc4[nH]3)nc3ccccc32)cc1. The average Bonchev–Trinajstić information content (AvgIpc) is 3.34. The Kier molecular flexibility index (Phi) is 4.83. The second-order valence-electron chi connectivity index (χ2n) is 7.46. The van der Waals surface area contributed by atoms with E-state index in [0.29, 0.717) is 0 Å². The van der Waals surface area contributed by atoms with Crippen LogP contribution in [0.5, 0.6) is 0 Å². The number of hydrogen-bond donors (Lipinski definition) is 1. The van der Waals surface area contributed by atoms with Gasteiger partial charge in [0.2, 0.25) is 0 Å². The summed E-state index contributed by atoms with van der Waals surface area (Å²) in [6.45, 7) is 0.977. The molecule has 0 fully saturated rings. The summed E-state index contributed by atoms with van der Waals surface area (Å²) in [4.78, 5) is 13.1. The van der Waals surface area contributed by atoms with Gasteiger partial charge in [0, 0.05) is 19.4 Å². The minimum Gasteiger partial charge on any atom is -0.342 e. The molecule has 0 unspecified atom stereocenters. The van der Waals surface area contributed by atoms with Crippen LogP contribution in [0.2, 0.25) is 0 Å². The third kappa shape index (κ3) is 3.79. The number of H-pyrrole nitrogens is 1. The van der Waals surface area contributed by atoms with Gasteiger partial charge in [-0.3, -0.25) is 0 Å². The molecule has 1 N–H and O–H groups in total. The van der Waals surface area contributed by atoms with E-state index >= 15 is 0 Å². The molecule has 0 amide bonds. The molecule has 0 atom stereocenters. The summed E-state index contributed by atoms with van der Waals surface area (Å²) in [7, 11) is 0. The molecule has 0 saturated carbocycles. The van der Waals surface area contributed by atoms with Gasteiger partial charge in [-0.15, -0.1) is 0 Å². The van der Waals surface area contributed by atoms with Crippen LogP contribution in [0, 0.1) is 0 Å². The van der Waals surface area contributed by atoms with E-state index in [1.165, 1.54) is 11.1 Å². The first kappa shape index (κ1) is 17.7. The third-order valence-corrected chi connectivity index (χ3v) is 5.45. The monoisotopic (exact) mass is 380 g/mol. The van der Waals surface area contributed by atoms with Crippen LogP contribution in [-0.2, 0) is 25.8 Å². The highest BCUT2D eigenvalue weighted by Crippen LogP contribution is 2.19. The van der Waals surface area contributed by atoms with Crippen LogP contribution >= 0.6 is 0 Å². The molecule has 2 heterocycles. The largest absolute Gasteiger partial charge is 0.342 e. The molecule has 5 aromatic rings. The van der Waals surface area contributed by atoms with E-state index in [0.717, 1.165) is 60.4 Å². The van der Waals surface area contributed by atoms with E-state index in [9.17, 15) is 0 Å². The van der Waals surface area contributed by atoms with Crippen molar-refractivity contribution in [3.05, 3.63) is 96.1 Å². The number of para-hydroxylation sites is 4. The van der Waals surface area contributed by atoms with Crippen molar-refractivity contribution >= 4 is 22.1 Å². The first-order chi connectivity index (χ1) is 14.4. The normalized spacial score (nSPS) is 11.4. The number of imidazole rings is 2. The highest BCUT2D eigenvalue weighted by Gasteiger charge is 2.11. The molecule has 3 aromatic carbocycles. The van der Waals surface area contributed by atoms with Gasteiger partial charge in [0.05, 0.1) is 22.1 Å². The smallest absolute Gasteiger partial charge is 0.110 e. The van der Waals surface area contributed by atoms with Crippen LogP contribution < -0.4 is 0 Å². The maximum Gasteiger partial charge on any atom is 0.110 e. The molecular weight excluding hydrogens is 356 g/mol. The Balaban J connectivity index is 1.35. The maximum atomic E-state index is 4.93. The molecule has 4 heteroatoms. The number of benzene rings is 3. The zero-order valence-electron chi connectivity index (χ0n) is 16.4. The average molecular weight is 380 g/mol. The van der Waals surface area contributed by atoms with Crippen molar-refractivity contribution in [2.45, 2.75) is 32.2 Å². The lowest BCUT2D eigenvalue weighted by molar-refractivity contribution is 0.619. The van der Waals surface area contributed by atoms with Gasteiger partial charge < -0.3 is 9.55 Å². The minimum absolute atomic E-state index is 0.858. The molecule has 0 aliphatic heterocycles. The van der Waals surface area contributed by atoms with Gasteiger partial charge >= 0.3 is 0 Å². The fraction of sp³-hybridized carbons (Fsp3) is 0.200. The summed E-state index contributed by atoms with van der Waals surface area (Å²) < 4.78 is 2.39. The van der Waals surface area contributed by atoms with Crippen molar-refractivity contribution in [2.24, 2.45) is 0 Å². The van der Waals surface area contributed by atoms with Crippen molar-refractivity contribution in [3.8, 4) is 0 Å². The first-order valence-corrected chi connectivity index (χ1v) is 10.3. The molecule has 2 aromatic heterocycles. The van der Waals surface area contributed by atoms with Crippen molar-refractivity contribution in [2.75, 3.05) is 0 Å². The summed E-state index contributed by atoms with van der Waals surface area (Å²) in [6.07, 6.45) is 3.91. The number of fused-ring (bicyclic) bond motifs is 2. The number of nitrogens with zero attached hydrogens (tertiary/aromatic N) is 3. The molecule has 0 aliphatic carbocycles. The van der Waals surface area contributed by atoms with Crippen LogP contribution in [0.15, 0.2) is 78.9 Å². The Morgan fingerprint density at radius 1 is 0.690 bits per heavy atom. The van der Waals surface area contributed by atoms with Crippen LogP contribution in [0.4, 0.5) is 0 Å². The van der Waals surface area contributed by atoms with E-state index in [-0.39, 0.29) is 0 Å². The fourth-order valence-electron chi connectivity index (χ4n) is 4.01. The van der Waals surface area contributed by atoms with Gasteiger partial charge in [-0.25, -0.2) is 9.97 Å². The highest BCUT2D eigenvalue weighted by atomic mass is 15.1. The molecule has 0 saturated heterocycles. The summed E-state index contributed by atoms with van der Waals surface area (Å²) in [5.74, 6) is 2.16. The second-order valence-corrected chi connectivity index (χ2v) is 7.46. The Labute approximate surface area is 170 Å². The second kappa shape index (κ2) is 7.92. The zero-order valence-corrected chi connectivity index (χ0v) is 16.4. The van der Waals surface area contributed by atoms with Crippen molar-refractivity contribution in [1.82, 2.24) is 19.5 Å². The Morgan fingerprint density at radius 2 is 1.45 bits per heavy atom. The number of hydrogen-bond acceptors (Lipinski definition) is 2. The van der Waals surface area contributed by atoms with Crippen LogP contribution in [-0.4, -0.2) is 19.5 Å². The molecule has 4 nitrogen and oxygen atoms in total. The summed E-state index contributed by atoms with van der Waals surface area (Å²) >= 11 is 0. The van der Waals surface area contributed by atoms with E-state index in [4.69, 9.17) is 9.97 Å². The standard InChI is InChI=1S/C25H24N4/c1-2-9-19(10-3-1)11-8-18-29-23-15-7-6-14-22(23)28-25(29)17-16-24-26-20-12-4-5-13-21(20)27-24/h1-7,9-10,12-15H,8,11,16-18H2,(H,26,27). The topological polar surface area (TPSA) is 46.5 Å². The zero-order chi connectivity index (χ0) is 19.5. The lowest BCUT2D eigenvalue weighted by Gasteiger charge is -2.09. The molecule has 0 spiro atoms. The summed E-state index contributed by atoms with van der Waals surface area (Å²) in [6, 6.07) is 27.3. The van der Waals surface area contributed by atoms with Gasteiger partial charge in [-0.05, 0) is 42.7 Å². The van der Waals surface area contributed by atoms with Crippen LogP contribution in [0.3, 0.4) is 0 Å². The van der Waals surface area contributed by atoms with E-state index in [2.05, 4.69) is 70.2 Å². The van der Waals surface area contributed by atoms with Crippen molar-refractivity contribution in [1.29, 1.82) is 0 Å². The van der Waals surface area contributed by atoms with Gasteiger partial charge in [0.25, 0.3) is 0 Å². The minimum atomic E-state index is 0.858. The van der Waals surface area contributed by atoms with Gasteiger partial charge in [0.1, 0.15) is 11.6 Å². The van der Waals surface area contributed by atoms with Gasteiger partial charge in [0.15, 0.2) is 0 Å². The molecule has 5 rings (SSSR count). The maximum absolute atomic E-state index is 4.93. The lowest BCUT2D eigenvalue weighted by Crippen LogP contribution is -2.07. The fourth-order valence-corrected chi connectivity index (χ4v) is 4.01. The highest BCUT2D eigenvalue weighted by molar-refractivity contribution is 5.76. The quantitative estimate of drug-likeness (QED) is 0.415. The molecule has 0 aliphatic rings. The Bertz CT molecular complexity index is 1200. The number of aryl methyl sites for hydroxylation is 4. The first-order valence-electron chi connectivity index (χ1n) is 10.3. The van der Waals surface area contributed by atoms with Crippen LogP contribution in [0.25, 0.3) is 22.1 Å². The van der Waals surface area contributed by atoms with Gasteiger partial charge in [-0.1, -0.05) is 54.6 Å². The van der Waals surface area contributed by atoms with E-state index in [1.807, 2.05) is 18.2 Å². The number of nitrogens with one attached hydrogen (secondary N) is 1. The van der Waals surface area contributed by atoms with E-state index in [1.54, 1.807) is 0 Å². The summed E-state index contributed by atoms with van der Waals surface area (Å²) in [5.41, 5.74) is 5.81. The third-order valence-electron chi connectivity index (χ3n) is 5.45. The molecule has 0 bridgehead atoms. The molecule has 144 valence electrons. The molecule has 29 heavy (non-hydrogen) atoms. The van der Waals surface area contributed by atoms with E-state index < -0.39 is 0 Å². The van der Waals surface area contributed by atoms with Crippen LogP contribution in [0.1, 0.15) is 23.6 Å². The number of aromatic amines is 1. The van der Waals surface area contributed by atoms with Gasteiger partial charge in [-0.2, -0.15) is 0 Å². The Morgan fingerprint density at radius 3 is 2.31 bits per heavy atom. The summed E-state index contributed by atoms with van der Waals surface area (Å²) in [5, 5.41) is 0. The predicted octanol–water partition coefficient (Wildman–Crippen LogP) is 5.33. The number of aromatic nitrogens is 4. The van der Waals surface area contributed by atoms with Crippen molar-refractivity contribution in [3.63, 3.8) is 0 Å². The lowest BCUT2D eigenvalue weighted by atomic mass is 10.1. The van der Waals surface area contributed by atoms with Crippen molar-refractivity contribution < 1.29 is 0 Å². The molecule has 0 radical (unpaired) electrons. The Hall–Kier alpha value is -3.40. The number of rotatable bonds is 7.